The first-order valence-corrected chi connectivity index (χ1v) is 9.46. The molecule has 1 fully saturated rings. The number of nitrogens with one attached hydrogen (secondary N) is 1. The van der Waals surface area contributed by atoms with Gasteiger partial charge >= 0.3 is 0 Å². The number of thiophene rings is 1. The zero-order valence-electron chi connectivity index (χ0n) is 15.0. The van der Waals surface area contributed by atoms with Crippen molar-refractivity contribution in [2.75, 3.05) is 32.8 Å². The summed E-state index contributed by atoms with van der Waals surface area (Å²) >= 11 is 1.53. The fraction of sp³-hybridized carbons (Fsp3) is 0.556. The molecular formula is C18H25N3O3S. The molecule has 3 rings (SSSR count). The van der Waals surface area contributed by atoms with Crippen LogP contribution in [0.5, 0.6) is 0 Å². The van der Waals surface area contributed by atoms with E-state index in [4.69, 9.17) is 9.26 Å². The summed E-state index contributed by atoms with van der Waals surface area (Å²) in [6.45, 7) is 10.1. The van der Waals surface area contributed by atoms with Crippen molar-refractivity contribution in [3.8, 4) is 0 Å². The van der Waals surface area contributed by atoms with Crippen molar-refractivity contribution in [1.29, 1.82) is 0 Å². The minimum Gasteiger partial charge on any atom is -0.379 e. The lowest BCUT2D eigenvalue weighted by Gasteiger charge is -2.32. The molecule has 136 valence electrons. The summed E-state index contributed by atoms with van der Waals surface area (Å²) in [5.74, 6) is 0.839. The Balaban J connectivity index is 1.53. The zero-order valence-corrected chi connectivity index (χ0v) is 15.8. The molecule has 1 aliphatic heterocycles. The Morgan fingerprint density at radius 1 is 1.36 bits per heavy atom. The Morgan fingerprint density at radius 2 is 2.12 bits per heavy atom. The van der Waals surface area contributed by atoms with Crippen LogP contribution in [0.15, 0.2) is 16.7 Å². The highest BCUT2D eigenvalue weighted by atomic mass is 32.1. The largest absolute Gasteiger partial charge is 0.379 e. The van der Waals surface area contributed by atoms with Gasteiger partial charge in [-0.05, 0) is 32.9 Å². The lowest BCUT2D eigenvalue weighted by molar-refractivity contribution is 0.0204. The first kappa shape index (κ1) is 18.1. The van der Waals surface area contributed by atoms with Gasteiger partial charge in [-0.2, -0.15) is 0 Å². The Hall–Kier alpha value is -1.70. The van der Waals surface area contributed by atoms with E-state index in [9.17, 15) is 4.79 Å². The van der Waals surface area contributed by atoms with Gasteiger partial charge in [0.15, 0.2) is 0 Å². The maximum atomic E-state index is 12.4. The van der Waals surface area contributed by atoms with Gasteiger partial charge in [0.1, 0.15) is 5.76 Å². The molecule has 0 spiro atoms. The van der Waals surface area contributed by atoms with E-state index in [-0.39, 0.29) is 5.91 Å². The van der Waals surface area contributed by atoms with Gasteiger partial charge in [0.25, 0.3) is 5.91 Å². The number of nitrogens with zero attached hydrogens (tertiary/aromatic N) is 2. The van der Waals surface area contributed by atoms with E-state index in [1.165, 1.54) is 11.3 Å². The van der Waals surface area contributed by atoms with Crippen LogP contribution in [0.1, 0.15) is 38.5 Å². The van der Waals surface area contributed by atoms with E-state index in [1.807, 2.05) is 26.0 Å². The predicted octanol–water partition coefficient (Wildman–Crippen LogP) is 2.39. The SMILES string of the molecule is Cc1noc(C)c1Cc1ccc(C(=O)NCC(C)N2CCOCC2)s1. The second-order valence-corrected chi connectivity index (χ2v) is 7.62. The number of amides is 1. The fourth-order valence-corrected chi connectivity index (χ4v) is 3.93. The monoisotopic (exact) mass is 363 g/mol. The summed E-state index contributed by atoms with van der Waals surface area (Å²) in [6.07, 6.45) is 0.753. The van der Waals surface area contributed by atoms with Gasteiger partial charge < -0.3 is 14.6 Å². The minimum absolute atomic E-state index is 0.00452. The molecule has 7 heteroatoms. The van der Waals surface area contributed by atoms with Crippen molar-refractivity contribution in [3.63, 3.8) is 0 Å². The molecule has 2 aromatic heterocycles. The Bertz CT molecular complexity index is 699. The molecule has 1 amide bonds. The van der Waals surface area contributed by atoms with E-state index in [0.717, 1.165) is 59.5 Å². The highest BCUT2D eigenvalue weighted by Gasteiger charge is 2.18. The van der Waals surface area contributed by atoms with Crippen LogP contribution < -0.4 is 5.32 Å². The van der Waals surface area contributed by atoms with Crippen LogP contribution in [0.4, 0.5) is 0 Å². The summed E-state index contributed by atoms with van der Waals surface area (Å²) < 4.78 is 10.6. The van der Waals surface area contributed by atoms with E-state index >= 15 is 0 Å². The van der Waals surface area contributed by atoms with Crippen molar-refractivity contribution in [2.45, 2.75) is 33.2 Å². The van der Waals surface area contributed by atoms with Crippen LogP contribution >= 0.6 is 11.3 Å². The number of carbonyl (C=O) groups excluding carboxylic acids is 1. The molecule has 0 saturated carbocycles. The maximum Gasteiger partial charge on any atom is 0.261 e. The number of hydrogen-bond acceptors (Lipinski definition) is 6. The normalized spacial score (nSPS) is 16.8. The lowest BCUT2D eigenvalue weighted by atomic mass is 10.1. The Labute approximate surface area is 152 Å². The third kappa shape index (κ3) is 4.48. The second-order valence-electron chi connectivity index (χ2n) is 6.45. The van der Waals surface area contributed by atoms with Gasteiger partial charge in [0.2, 0.25) is 0 Å². The van der Waals surface area contributed by atoms with Gasteiger partial charge in [-0.15, -0.1) is 11.3 Å². The highest BCUT2D eigenvalue weighted by molar-refractivity contribution is 7.14. The zero-order chi connectivity index (χ0) is 17.8. The van der Waals surface area contributed by atoms with Gasteiger partial charge in [-0.25, -0.2) is 0 Å². The third-order valence-corrected chi connectivity index (χ3v) is 5.73. The molecule has 0 aliphatic carbocycles. The van der Waals surface area contributed by atoms with Crippen LogP contribution in [0.3, 0.4) is 0 Å². The van der Waals surface area contributed by atoms with Crippen LogP contribution in [0.25, 0.3) is 0 Å². The number of morpholine rings is 1. The molecule has 1 saturated heterocycles. The van der Waals surface area contributed by atoms with Crippen molar-refractivity contribution in [1.82, 2.24) is 15.4 Å². The number of aromatic nitrogens is 1. The standard InChI is InChI=1S/C18H25N3O3S/c1-12(21-6-8-23-9-7-21)11-19-18(22)17-5-4-15(25-17)10-16-13(2)20-24-14(16)3/h4-5,12H,6-11H2,1-3H3,(H,19,22). The lowest BCUT2D eigenvalue weighted by Crippen LogP contribution is -2.47. The van der Waals surface area contributed by atoms with E-state index < -0.39 is 0 Å². The quantitative estimate of drug-likeness (QED) is 0.854. The molecule has 6 nitrogen and oxygen atoms in total. The van der Waals surface area contributed by atoms with E-state index in [2.05, 4.69) is 22.3 Å². The number of aryl methyl sites for hydroxylation is 2. The molecule has 1 unspecified atom stereocenters. The maximum absolute atomic E-state index is 12.4. The molecule has 25 heavy (non-hydrogen) atoms. The fourth-order valence-electron chi connectivity index (χ4n) is 3.00. The number of carbonyl (C=O) groups is 1. The van der Waals surface area contributed by atoms with Gasteiger partial charge in [0, 0.05) is 42.5 Å². The van der Waals surface area contributed by atoms with Crippen molar-refractivity contribution < 1.29 is 14.1 Å². The first-order chi connectivity index (χ1) is 12.0. The van der Waals surface area contributed by atoms with Gasteiger partial charge in [-0.3, -0.25) is 9.69 Å². The number of rotatable bonds is 6. The molecule has 3 heterocycles. The molecule has 1 atom stereocenters. The first-order valence-electron chi connectivity index (χ1n) is 8.65. The highest BCUT2D eigenvalue weighted by Crippen LogP contribution is 2.23. The molecule has 1 N–H and O–H groups in total. The van der Waals surface area contributed by atoms with Crippen molar-refractivity contribution in [3.05, 3.63) is 38.9 Å². The molecule has 0 radical (unpaired) electrons. The molecule has 0 bridgehead atoms. The Kier molecular flexibility index (Phi) is 5.88. The van der Waals surface area contributed by atoms with E-state index in [0.29, 0.717) is 12.6 Å². The predicted molar refractivity (Wildman–Crippen MR) is 97.3 cm³/mol. The summed E-state index contributed by atoms with van der Waals surface area (Å²) in [7, 11) is 0. The summed E-state index contributed by atoms with van der Waals surface area (Å²) in [5, 5.41) is 7.03. The van der Waals surface area contributed by atoms with Crippen LogP contribution in [0, 0.1) is 13.8 Å². The van der Waals surface area contributed by atoms with Crippen LogP contribution in [-0.4, -0.2) is 54.9 Å². The summed E-state index contributed by atoms with van der Waals surface area (Å²) in [4.78, 5) is 16.6. The van der Waals surface area contributed by atoms with E-state index in [1.54, 1.807) is 0 Å². The topological polar surface area (TPSA) is 67.6 Å². The molecular weight excluding hydrogens is 338 g/mol. The van der Waals surface area contributed by atoms with Crippen molar-refractivity contribution >= 4 is 17.2 Å². The summed E-state index contributed by atoms with van der Waals surface area (Å²) in [6, 6.07) is 4.22. The average molecular weight is 363 g/mol. The van der Waals surface area contributed by atoms with Gasteiger partial charge in [-0.1, -0.05) is 5.16 Å². The average Bonchev–Trinajstić information content (AvgIpc) is 3.22. The molecule has 0 aromatic carbocycles. The smallest absolute Gasteiger partial charge is 0.261 e. The van der Waals surface area contributed by atoms with Crippen LogP contribution in [-0.2, 0) is 11.2 Å². The second kappa shape index (κ2) is 8.12. The van der Waals surface area contributed by atoms with Crippen LogP contribution in [0.2, 0.25) is 0 Å². The molecule has 1 aliphatic rings. The minimum atomic E-state index is -0.00452. The number of hydrogen-bond donors (Lipinski definition) is 1. The van der Waals surface area contributed by atoms with Crippen molar-refractivity contribution in [2.24, 2.45) is 0 Å². The summed E-state index contributed by atoms with van der Waals surface area (Å²) in [5.41, 5.74) is 2.02. The Morgan fingerprint density at radius 3 is 2.80 bits per heavy atom. The number of ether oxygens (including phenoxy) is 1. The van der Waals surface area contributed by atoms with Gasteiger partial charge in [0.05, 0.1) is 23.8 Å². The third-order valence-electron chi connectivity index (χ3n) is 4.64. The molecule has 2 aromatic rings.